The van der Waals surface area contributed by atoms with Gasteiger partial charge in [-0.05, 0) is 44.6 Å². The Morgan fingerprint density at radius 3 is 2.42 bits per heavy atom. The van der Waals surface area contributed by atoms with Crippen molar-refractivity contribution >= 4 is 5.91 Å². The quantitative estimate of drug-likeness (QED) is 0.844. The molecule has 2 aromatic rings. The summed E-state index contributed by atoms with van der Waals surface area (Å²) in [7, 11) is 3.99. The number of halogens is 1. The second-order valence-electron chi connectivity index (χ2n) is 6.29. The number of carbonyl (C=O) groups excluding carboxylic acids is 1. The molecule has 24 heavy (non-hydrogen) atoms. The van der Waals surface area contributed by atoms with E-state index in [1.165, 1.54) is 17.2 Å². The van der Waals surface area contributed by atoms with Crippen LogP contribution in [0.25, 0.3) is 0 Å². The predicted molar refractivity (Wildman–Crippen MR) is 95.3 cm³/mol. The van der Waals surface area contributed by atoms with Crippen LogP contribution in [0.15, 0.2) is 48.5 Å². The van der Waals surface area contributed by atoms with Crippen LogP contribution in [0.4, 0.5) is 4.39 Å². The van der Waals surface area contributed by atoms with E-state index in [-0.39, 0.29) is 24.2 Å². The second-order valence-corrected chi connectivity index (χ2v) is 6.29. The van der Waals surface area contributed by atoms with Gasteiger partial charge in [0.25, 0.3) is 0 Å². The molecule has 0 saturated heterocycles. The van der Waals surface area contributed by atoms with Crippen molar-refractivity contribution in [3.05, 3.63) is 71.0 Å². The Balaban J connectivity index is 1.88. The van der Waals surface area contributed by atoms with Crippen LogP contribution in [0.3, 0.4) is 0 Å². The zero-order valence-electron chi connectivity index (χ0n) is 14.6. The molecule has 1 N–H and O–H groups in total. The molecular formula is C20H25FN2O. The fourth-order valence-corrected chi connectivity index (χ4v) is 2.64. The Bertz CT molecular complexity index is 668. The first kappa shape index (κ1) is 18.1. The summed E-state index contributed by atoms with van der Waals surface area (Å²) in [4.78, 5) is 14.2. The summed E-state index contributed by atoms with van der Waals surface area (Å²) in [5.74, 6) is -0.312. The molecule has 1 atom stereocenters. The van der Waals surface area contributed by atoms with Crippen LogP contribution in [0.1, 0.15) is 29.2 Å². The smallest absolute Gasteiger partial charge is 0.220 e. The van der Waals surface area contributed by atoms with Gasteiger partial charge in [-0.15, -0.1) is 0 Å². The van der Waals surface area contributed by atoms with Gasteiger partial charge in [-0.2, -0.15) is 0 Å². The van der Waals surface area contributed by atoms with Crippen LogP contribution in [-0.2, 0) is 11.2 Å². The third-order valence-electron chi connectivity index (χ3n) is 4.16. The van der Waals surface area contributed by atoms with E-state index < -0.39 is 0 Å². The van der Waals surface area contributed by atoms with E-state index in [0.29, 0.717) is 18.5 Å². The molecule has 0 aromatic heterocycles. The molecule has 0 radical (unpaired) electrons. The molecule has 0 bridgehead atoms. The highest BCUT2D eigenvalue weighted by Crippen LogP contribution is 2.18. The number of amides is 1. The summed E-state index contributed by atoms with van der Waals surface area (Å²) < 4.78 is 13.6. The minimum absolute atomic E-state index is 0.0581. The zero-order chi connectivity index (χ0) is 17.5. The lowest BCUT2D eigenvalue weighted by Gasteiger charge is -2.25. The average molecular weight is 328 g/mol. The number of aryl methyl sites for hydroxylation is 2. The largest absolute Gasteiger partial charge is 0.354 e. The molecule has 128 valence electrons. The molecule has 1 unspecified atom stereocenters. The molecule has 2 aromatic carbocycles. The SMILES string of the molecule is Cc1ccc(C(CNC(=O)CCc2ccccc2F)N(C)C)cc1. The van der Waals surface area contributed by atoms with Crippen LogP contribution in [-0.4, -0.2) is 31.4 Å². The number of nitrogens with one attached hydrogen (secondary N) is 1. The summed E-state index contributed by atoms with van der Waals surface area (Å²) in [6, 6.07) is 15.0. The minimum atomic E-state index is -0.254. The summed E-state index contributed by atoms with van der Waals surface area (Å²) in [5.41, 5.74) is 2.96. The van der Waals surface area contributed by atoms with Crippen LogP contribution >= 0.6 is 0 Å². The minimum Gasteiger partial charge on any atom is -0.354 e. The van der Waals surface area contributed by atoms with Gasteiger partial charge in [0.05, 0.1) is 6.04 Å². The van der Waals surface area contributed by atoms with Crippen molar-refractivity contribution in [3.63, 3.8) is 0 Å². The molecule has 0 spiro atoms. The molecule has 1 amide bonds. The molecule has 2 rings (SSSR count). The van der Waals surface area contributed by atoms with Gasteiger partial charge in [0, 0.05) is 13.0 Å². The number of likely N-dealkylation sites (N-methyl/N-ethyl adjacent to an activating group) is 1. The monoisotopic (exact) mass is 328 g/mol. The first-order chi connectivity index (χ1) is 11.5. The Hall–Kier alpha value is -2.20. The van der Waals surface area contributed by atoms with E-state index in [9.17, 15) is 9.18 Å². The molecule has 0 aliphatic rings. The van der Waals surface area contributed by atoms with Crippen LogP contribution in [0.2, 0.25) is 0 Å². The normalized spacial score (nSPS) is 12.2. The van der Waals surface area contributed by atoms with Crippen molar-refractivity contribution in [2.24, 2.45) is 0 Å². The molecule has 3 nitrogen and oxygen atoms in total. The van der Waals surface area contributed by atoms with Gasteiger partial charge >= 0.3 is 0 Å². The summed E-state index contributed by atoms with van der Waals surface area (Å²) >= 11 is 0. The summed E-state index contributed by atoms with van der Waals surface area (Å²) in [6.45, 7) is 2.59. The number of hydrogen-bond acceptors (Lipinski definition) is 2. The maximum absolute atomic E-state index is 13.6. The lowest BCUT2D eigenvalue weighted by Crippen LogP contribution is -2.34. The van der Waals surface area contributed by atoms with E-state index in [4.69, 9.17) is 0 Å². The highest BCUT2D eigenvalue weighted by molar-refractivity contribution is 5.76. The van der Waals surface area contributed by atoms with Gasteiger partial charge in [0.2, 0.25) is 5.91 Å². The molecule has 0 fully saturated rings. The number of rotatable bonds is 7. The van der Waals surface area contributed by atoms with E-state index in [2.05, 4.69) is 41.4 Å². The van der Waals surface area contributed by atoms with Crippen molar-refractivity contribution < 1.29 is 9.18 Å². The van der Waals surface area contributed by atoms with Crippen molar-refractivity contribution in [3.8, 4) is 0 Å². The third kappa shape index (κ3) is 5.17. The molecular weight excluding hydrogens is 303 g/mol. The number of nitrogens with zero attached hydrogens (tertiary/aromatic N) is 1. The van der Waals surface area contributed by atoms with Gasteiger partial charge in [-0.25, -0.2) is 4.39 Å². The first-order valence-corrected chi connectivity index (χ1v) is 8.20. The lowest BCUT2D eigenvalue weighted by molar-refractivity contribution is -0.121. The van der Waals surface area contributed by atoms with Gasteiger partial charge < -0.3 is 10.2 Å². The van der Waals surface area contributed by atoms with E-state index in [1.54, 1.807) is 18.2 Å². The molecule has 0 heterocycles. The Morgan fingerprint density at radius 2 is 1.79 bits per heavy atom. The van der Waals surface area contributed by atoms with Crippen molar-refractivity contribution in [2.45, 2.75) is 25.8 Å². The Labute approximate surface area is 143 Å². The van der Waals surface area contributed by atoms with E-state index >= 15 is 0 Å². The van der Waals surface area contributed by atoms with Crippen molar-refractivity contribution in [1.29, 1.82) is 0 Å². The standard InChI is InChI=1S/C20H25FN2O/c1-15-8-10-17(11-9-15)19(23(2)3)14-22-20(24)13-12-16-6-4-5-7-18(16)21/h4-11,19H,12-14H2,1-3H3,(H,22,24). The molecule has 0 aliphatic carbocycles. The van der Waals surface area contributed by atoms with Gasteiger partial charge in [-0.3, -0.25) is 4.79 Å². The first-order valence-electron chi connectivity index (χ1n) is 8.20. The maximum Gasteiger partial charge on any atom is 0.220 e. The average Bonchev–Trinajstić information content (AvgIpc) is 2.55. The Kier molecular flexibility index (Phi) is 6.50. The van der Waals surface area contributed by atoms with E-state index in [1.807, 2.05) is 14.1 Å². The third-order valence-corrected chi connectivity index (χ3v) is 4.16. The van der Waals surface area contributed by atoms with Gasteiger partial charge in [0.15, 0.2) is 0 Å². The molecule has 4 heteroatoms. The summed E-state index contributed by atoms with van der Waals surface area (Å²) in [6.07, 6.45) is 0.699. The topological polar surface area (TPSA) is 32.3 Å². The van der Waals surface area contributed by atoms with Crippen LogP contribution in [0, 0.1) is 12.7 Å². The highest BCUT2D eigenvalue weighted by atomic mass is 19.1. The number of benzene rings is 2. The van der Waals surface area contributed by atoms with Crippen LogP contribution in [0.5, 0.6) is 0 Å². The summed E-state index contributed by atoms with van der Waals surface area (Å²) in [5, 5.41) is 2.96. The maximum atomic E-state index is 13.6. The number of carbonyl (C=O) groups is 1. The highest BCUT2D eigenvalue weighted by Gasteiger charge is 2.15. The molecule has 0 aliphatic heterocycles. The van der Waals surface area contributed by atoms with Gasteiger partial charge in [0.1, 0.15) is 5.82 Å². The van der Waals surface area contributed by atoms with Crippen molar-refractivity contribution in [1.82, 2.24) is 10.2 Å². The van der Waals surface area contributed by atoms with Crippen LogP contribution < -0.4 is 5.32 Å². The lowest BCUT2D eigenvalue weighted by atomic mass is 10.0. The predicted octanol–water partition coefficient (Wildman–Crippen LogP) is 3.49. The van der Waals surface area contributed by atoms with E-state index in [0.717, 1.165) is 0 Å². The zero-order valence-corrected chi connectivity index (χ0v) is 14.6. The van der Waals surface area contributed by atoms with Gasteiger partial charge in [-0.1, -0.05) is 48.0 Å². The fraction of sp³-hybridized carbons (Fsp3) is 0.350. The Morgan fingerprint density at radius 1 is 1.12 bits per heavy atom. The molecule has 0 saturated carbocycles. The second kappa shape index (κ2) is 8.60. The number of hydrogen-bond donors (Lipinski definition) is 1. The fourth-order valence-electron chi connectivity index (χ4n) is 2.64. The van der Waals surface area contributed by atoms with Crippen molar-refractivity contribution in [2.75, 3.05) is 20.6 Å².